The predicted molar refractivity (Wildman–Crippen MR) is 71.4 cm³/mol. The second kappa shape index (κ2) is 6.02. The molecule has 0 heterocycles. The first-order valence-corrected chi connectivity index (χ1v) is 6.78. The molecule has 0 nitrogen and oxygen atoms in total. The van der Waals surface area contributed by atoms with Crippen LogP contribution in [-0.2, 0) is 0 Å². The van der Waals surface area contributed by atoms with Crippen LogP contribution in [0.3, 0.4) is 0 Å². The van der Waals surface area contributed by atoms with E-state index in [0.717, 1.165) is 12.8 Å². The van der Waals surface area contributed by atoms with Crippen LogP contribution in [0.2, 0.25) is 0 Å². The maximum absolute atomic E-state index is 2.24. The van der Waals surface area contributed by atoms with Crippen LogP contribution >= 0.6 is 11.8 Å². The van der Waals surface area contributed by atoms with E-state index in [0.29, 0.717) is 0 Å². The van der Waals surface area contributed by atoms with Gasteiger partial charge in [-0.3, -0.25) is 0 Å². The van der Waals surface area contributed by atoms with Gasteiger partial charge in [-0.2, -0.15) is 0 Å². The smallest absolute Gasteiger partial charge is 0.00695 e. The quantitative estimate of drug-likeness (QED) is 0.643. The minimum absolute atomic E-state index is 1.12. The lowest BCUT2D eigenvalue weighted by Gasteiger charge is -2.10. The fraction of sp³-hybridized carbons (Fsp3) is 0.429. The average molecular weight is 220 g/mol. The molecule has 0 bridgehead atoms. The van der Waals surface area contributed by atoms with Crippen molar-refractivity contribution in [1.29, 1.82) is 0 Å². The highest BCUT2D eigenvalue weighted by Crippen LogP contribution is 2.25. The molecule has 0 radical (unpaired) electrons. The normalized spacial score (nSPS) is 12.5. The van der Waals surface area contributed by atoms with Gasteiger partial charge in [0.15, 0.2) is 0 Å². The summed E-state index contributed by atoms with van der Waals surface area (Å²) in [6.45, 7) is 6.69. The summed E-state index contributed by atoms with van der Waals surface area (Å²) < 4.78 is 0. The molecule has 1 rings (SSSR count). The van der Waals surface area contributed by atoms with Crippen LogP contribution < -0.4 is 0 Å². The van der Waals surface area contributed by atoms with E-state index in [9.17, 15) is 0 Å². The lowest BCUT2D eigenvalue weighted by atomic mass is 9.97. The summed E-state index contributed by atoms with van der Waals surface area (Å²) >= 11 is 1.79. The van der Waals surface area contributed by atoms with Crippen LogP contribution in [0.15, 0.2) is 34.7 Å². The third-order valence-electron chi connectivity index (χ3n) is 2.84. The van der Waals surface area contributed by atoms with Crippen LogP contribution in [0.5, 0.6) is 0 Å². The Kier molecular flexibility index (Phi) is 4.97. The zero-order valence-electron chi connectivity index (χ0n) is 10.1. The summed E-state index contributed by atoms with van der Waals surface area (Å²) in [6.07, 6.45) is 4.38. The van der Waals surface area contributed by atoms with E-state index in [2.05, 4.69) is 51.3 Å². The van der Waals surface area contributed by atoms with E-state index in [1.807, 2.05) is 0 Å². The van der Waals surface area contributed by atoms with Crippen molar-refractivity contribution in [2.75, 3.05) is 6.26 Å². The number of benzene rings is 1. The zero-order valence-corrected chi connectivity index (χ0v) is 10.9. The summed E-state index contributed by atoms with van der Waals surface area (Å²) in [5.74, 6) is 0. The Labute approximate surface area is 97.8 Å². The molecule has 0 fully saturated rings. The Morgan fingerprint density at radius 3 is 2.07 bits per heavy atom. The molecule has 0 saturated heterocycles. The molecular weight excluding hydrogens is 200 g/mol. The van der Waals surface area contributed by atoms with Gasteiger partial charge in [0, 0.05) is 4.90 Å². The van der Waals surface area contributed by atoms with Crippen molar-refractivity contribution < 1.29 is 0 Å². The minimum Gasteiger partial charge on any atom is -0.130 e. The predicted octanol–water partition coefficient (Wildman–Crippen LogP) is 5.00. The second-order valence-electron chi connectivity index (χ2n) is 3.69. The van der Waals surface area contributed by atoms with E-state index in [4.69, 9.17) is 0 Å². The Morgan fingerprint density at radius 1 is 1.07 bits per heavy atom. The molecule has 0 saturated carbocycles. The highest BCUT2D eigenvalue weighted by molar-refractivity contribution is 7.98. The van der Waals surface area contributed by atoms with Gasteiger partial charge >= 0.3 is 0 Å². The number of rotatable bonds is 4. The van der Waals surface area contributed by atoms with Crippen molar-refractivity contribution in [3.63, 3.8) is 0 Å². The Bertz CT molecular complexity index is 333. The molecule has 0 aliphatic carbocycles. The molecule has 1 aromatic rings. The van der Waals surface area contributed by atoms with Gasteiger partial charge in [-0.25, -0.2) is 0 Å². The van der Waals surface area contributed by atoms with Crippen LogP contribution in [0.25, 0.3) is 5.57 Å². The molecule has 0 aliphatic heterocycles. The molecular formula is C14H20S. The second-order valence-corrected chi connectivity index (χ2v) is 4.57. The topological polar surface area (TPSA) is 0 Å². The number of hydrogen-bond donors (Lipinski definition) is 0. The standard InChI is InChI=1S/C14H20S/c1-5-11(3)14(6-2)12-7-9-13(15-4)10-8-12/h7-10H,5-6H2,1-4H3/b14-11-. The molecule has 0 aliphatic rings. The maximum Gasteiger partial charge on any atom is 0.00695 e. The summed E-state index contributed by atoms with van der Waals surface area (Å²) in [5, 5.41) is 0. The van der Waals surface area contributed by atoms with Gasteiger partial charge in [-0.15, -0.1) is 11.8 Å². The van der Waals surface area contributed by atoms with E-state index >= 15 is 0 Å². The Balaban J connectivity index is 3.03. The van der Waals surface area contributed by atoms with E-state index in [1.165, 1.54) is 21.6 Å². The third-order valence-corrected chi connectivity index (χ3v) is 3.58. The van der Waals surface area contributed by atoms with Crippen molar-refractivity contribution in [3.8, 4) is 0 Å². The van der Waals surface area contributed by atoms with Crippen molar-refractivity contribution in [2.24, 2.45) is 0 Å². The fourth-order valence-corrected chi connectivity index (χ4v) is 2.17. The van der Waals surface area contributed by atoms with Crippen LogP contribution in [0, 0.1) is 0 Å². The fourth-order valence-electron chi connectivity index (χ4n) is 1.76. The van der Waals surface area contributed by atoms with Gasteiger partial charge in [0.2, 0.25) is 0 Å². The minimum atomic E-state index is 1.12. The Hall–Kier alpha value is -0.690. The van der Waals surface area contributed by atoms with E-state index in [-0.39, 0.29) is 0 Å². The van der Waals surface area contributed by atoms with E-state index < -0.39 is 0 Å². The van der Waals surface area contributed by atoms with Gasteiger partial charge < -0.3 is 0 Å². The molecule has 1 heteroatoms. The molecule has 0 atom stereocenters. The van der Waals surface area contributed by atoms with Gasteiger partial charge in [-0.05, 0) is 49.3 Å². The highest BCUT2D eigenvalue weighted by Gasteiger charge is 2.02. The van der Waals surface area contributed by atoms with Gasteiger partial charge in [0.1, 0.15) is 0 Å². The molecule has 0 aromatic heterocycles. The van der Waals surface area contributed by atoms with Crippen molar-refractivity contribution in [1.82, 2.24) is 0 Å². The molecule has 0 N–H and O–H groups in total. The average Bonchev–Trinajstić information content (AvgIpc) is 2.30. The van der Waals surface area contributed by atoms with Gasteiger partial charge in [-0.1, -0.05) is 31.6 Å². The summed E-state index contributed by atoms with van der Waals surface area (Å²) in [4.78, 5) is 1.34. The Morgan fingerprint density at radius 2 is 1.67 bits per heavy atom. The highest BCUT2D eigenvalue weighted by atomic mass is 32.2. The summed E-state index contributed by atoms with van der Waals surface area (Å²) in [6, 6.07) is 8.89. The van der Waals surface area contributed by atoms with Gasteiger partial charge in [0.25, 0.3) is 0 Å². The largest absolute Gasteiger partial charge is 0.130 e. The number of thioether (sulfide) groups is 1. The number of hydrogen-bond acceptors (Lipinski definition) is 1. The molecule has 1 aromatic carbocycles. The molecule has 0 unspecified atom stereocenters. The SMILES string of the molecule is CC/C(C)=C(/CC)c1ccc(SC)cc1. The zero-order chi connectivity index (χ0) is 11.3. The van der Waals surface area contributed by atoms with Crippen LogP contribution in [0.4, 0.5) is 0 Å². The molecule has 82 valence electrons. The van der Waals surface area contributed by atoms with Crippen LogP contribution in [-0.4, -0.2) is 6.26 Å². The van der Waals surface area contributed by atoms with Crippen molar-refractivity contribution in [2.45, 2.75) is 38.5 Å². The molecule has 0 spiro atoms. The first kappa shape index (κ1) is 12.4. The lowest BCUT2D eigenvalue weighted by Crippen LogP contribution is -1.87. The monoisotopic (exact) mass is 220 g/mol. The summed E-state index contributed by atoms with van der Waals surface area (Å²) in [7, 11) is 0. The maximum atomic E-state index is 2.24. The van der Waals surface area contributed by atoms with Crippen molar-refractivity contribution >= 4 is 17.3 Å². The van der Waals surface area contributed by atoms with E-state index in [1.54, 1.807) is 11.8 Å². The number of allylic oxidation sites excluding steroid dienone is 2. The van der Waals surface area contributed by atoms with Gasteiger partial charge in [0.05, 0.1) is 0 Å². The first-order valence-electron chi connectivity index (χ1n) is 5.56. The molecule has 15 heavy (non-hydrogen) atoms. The third kappa shape index (κ3) is 3.13. The van der Waals surface area contributed by atoms with Crippen molar-refractivity contribution in [3.05, 3.63) is 35.4 Å². The van der Waals surface area contributed by atoms with Crippen LogP contribution in [0.1, 0.15) is 39.2 Å². The summed E-state index contributed by atoms with van der Waals surface area (Å²) in [5.41, 5.74) is 4.40. The lowest BCUT2D eigenvalue weighted by molar-refractivity contribution is 1.07. The molecule has 0 amide bonds. The first-order chi connectivity index (χ1) is 7.22.